The average Bonchev–Trinajstić information content (AvgIpc) is 3.16. The van der Waals surface area contributed by atoms with Gasteiger partial charge in [0.2, 0.25) is 0 Å². The van der Waals surface area contributed by atoms with Gasteiger partial charge in [-0.2, -0.15) is 0 Å². The lowest BCUT2D eigenvalue weighted by atomic mass is 9.86. The van der Waals surface area contributed by atoms with Crippen LogP contribution in [-0.4, -0.2) is 67.3 Å². The summed E-state index contributed by atoms with van der Waals surface area (Å²) >= 11 is 8.14. The number of thiazole rings is 1. The van der Waals surface area contributed by atoms with E-state index in [1.807, 2.05) is 6.07 Å². The molecule has 0 saturated carbocycles. The van der Waals surface area contributed by atoms with Crippen LogP contribution in [0.2, 0.25) is 4.34 Å². The molecule has 2 aromatic heterocycles. The quantitative estimate of drug-likeness (QED) is 0.140. The van der Waals surface area contributed by atoms with E-state index in [0.29, 0.717) is 30.7 Å². The first-order valence-corrected chi connectivity index (χ1v) is 12.3. The average molecular weight is 538 g/mol. The lowest BCUT2D eigenvalue weighted by Crippen LogP contribution is -2.72. The second-order valence-corrected chi connectivity index (χ2v) is 10.3. The molecule has 0 radical (unpaired) electrons. The Bertz CT molecular complexity index is 1260. The summed E-state index contributed by atoms with van der Waals surface area (Å²) < 4.78 is 0.0480. The van der Waals surface area contributed by atoms with Crippen molar-refractivity contribution < 1.29 is 24.7 Å². The first-order chi connectivity index (χ1) is 16.8. The van der Waals surface area contributed by atoms with Gasteiger partial charge in [-0.1, -0.05) is 39.9 Å². The molecule has 1 saturated heterocycles. The van der Waals surface area contributed by atoms with Gasteiger partial charge in [0.25, 0.3) is 11.8 Å². The summed E-state index contributed by atoms with van der Waals surface area (Å²) in [5.74, 6) is -2.73. The van der Waals surface area contributed by atoms with Crippen LogP contribution >= 0.6 is 34.7 Å². The van der Waals surface area contributed by atoms with Gasteiger partial charge in [-0.25, -0.2) is 9.78 Å². The highest BCUT2D eigenvalue weighted by atomic mass is 35.5. The number of aromatic nitrogens is 2. The number of halogens is 1. The molecular formula is C20H20ClN7O5S2. The number of carbonyl (C=O) groups is 3. The fourth-order valence-electron chi connectivity index (χ4n) is 3.97. The lowest BCUT2D eigenvalue weighted by molar-refractivity contribution is -0.155. The molecule has 2 aliphatic rings. The second kappa shape index (κ2) is 10.2. The summed E-state index contributed by atoms with van der Waals surface area (Å²) in [5.41, 5.74) is 11.2. The summed E-state index contributed by atoms with van der Waals surface area (Å²) in [6.07, 6.45) is 2.96. The number of fused-ring (bicyclic) bond motifs is 1. The van der Waals surface area contributed by atoms with Crippen molar-refractivity contribution in [3.63, 3.8) is 0 Å². The Morgan fingerprint density at radius 2 is 2.20 bits per heavy atom. The van der Waals surface area contributed by atoms with E-state index in [2.05, 4.69) is 20.4 Å². The van der Waals surface area contributed by atoms with Crippen LogP contribution in [-0.2, 0) is 20.8 Å². The Morgan fingerprint density at radius 3 is 2.83 bits per heavy atom. The molecule has 2 aliphatic heterocycles. The van der Waals surface area contributed by atoms with Crippen molar-refractivity contribution >= 4 is 63.3 Å². The standard InChI is InChI=1S/C20H20ClN7O5S2/c21-16-13(26-20(23)35-16)14(27-33)17(29)25-12-9-3-4-11(15(19(31)32)28(9)18(12)30)34-10-2-1-7-24-8(10)5-6-22/h1-2,7,9,12,33H,3-6,22H2,(H2,23,26)(H,25,29)(H,31,32)/t9-,12+/m1/s1. The van der Waals surface area contributed by atoms with Crippen molar-refractivity contribution in [2.45, 2.75) is 36.2 Å². The van der Waals surface area contributed by atoms with Crippen molar-refractivity contribution in [2.75, 3.05) is 12.3 Å². The molecule has 2 amide bonds. The molecule has 12 nitrogen and oxygen atoms in total. The normalized spacial score (nSPS) is 19.9. The van der Waals surface area contributed by atoms with Crippen LogP contribution in [0.15, 0.2) is 39.0 Å². The van der Waals surface area contributed by atoms with Crippen molar-refractivity contribution in [3.8, 4) is 0 Å². The SMILES string of the molecule is NCCc1ncccc1SC1=C(C(=O)O)N2C(=O)[C@@H](NC(=O)C(=NO)c3nc(N)sc3Cl)[C@H]2CC1. The smallest absolute Gasteiger partial charge is 0.353 e. The van der Waals surface area contributed by atoms with Crippen LogP contribution in [0.3, 0.4) is 0 Å². The Hall–Kier alpha value is -3.20. The minimum Gasteiger partial charge on any atom is -0.477 e. The van der Waals surface area contributed by atoms with Crippen LogP contribution in [0.1, 0.15) is 24.2 Å². The highest BCUT2D eigenvalue weighted by Crippen LogP contribution is 2.43. The van der Waals surface area contributed by atoms with Gasteiger partial charge in [0, 0.05) is 22.4 Å². The largest absolute Gasteiger partial charge is 0.477 e. The molecular weight excluding hydrogens is 518 g/mol. The van der Waals surface area contributed by atoms with Crippen molar-refractivity contribution in [3.05, 3.63) is 44.7 Å². The van der Waals surface area contributed by atoms with Gasteiger partial charge >= 0.3 is 5.97 Å². The van der Waals surface area contributed by atoms with Crippen molar-refractivity contribution in [2.24, 2.45) is 10.9 Å². The maximum Gasteiger partial charge on any atom is 0.353 e. The number of anilines is 1. The van der Waals surface area contributed by atoms with Gasteiger partial charge in [0.1, 0.15) is 21.8 Å². The number of oxime groups is 1. The van der Waals surface area contributed by atoms with Gasteiger partial charge < -0.3 is 27.1 Å². The fraction of sp³-hybridized carbons (Fsp3) is 0.300. The number of nitrogen functional groups attached to an aromatic ring is 1. The van der Waals surface area contributed by atoms with Crippen LogP contribution in [0.4, 0.5) is 5.13 Å². The number of nitrogens with two attached hydrogens (primary N) is 2. The summed E-state index contributed by atoms with van der Waals surface area (Å²) in [5, 5.41) is 24.8. The van der Waals surface area contributed by atoms with E-state index in [-0.39, 0.29) is 20.9 Å². The molecule has 2 atom stereocenters. The van der Waals surface area contributed by atoms with E-state index in [4.69, 9.17) is 23.1 Å². The molecule has 1 fully saturated rings. The predicted molar refractivity (Wildman–Crippen MR) is 129 cm³/mol. The summed E-state index contributed by atoms with van der Waals surface area (Å²) in [6.45, 7) is 0.390. The zero-order valence-corrected chi connectivity index (χ0v) is 20.4. The first kappa shape index (κ1) is 24.9. The van der Waals surface area contributed by atoms with E-state index >= 15 is 0 Å². The number of allylic oxidation sites excluding steroid dienone is 1. The maximum absolute atomic E-state index is 12.9. The highest BCUT2D eigenvalue weighted by molar-refractivity contribution is 8.03. The number of β-lactam (4-membered cyclic amide) rings is 1. The van der Waals surface area contributed by atoms with Gasteiger partial charge in [0.15, 0.2) is 10.8 Å². The van der Waals surface area contributed by atoms with Crippen LogP contribution < -0.4 is 16.8 Å². The van der Waals surface area contributed by atoms with Crippen LogP contribution in [0, 0.1) is 0 Å². The molecule has 4 rings (SSSR count). The molecule has 35 heavy (non-hydrogen) atoms. The molecule has 0 spiro atoms. The number of aliphatic carboxylic acids is 1. The molecule has 184 valence electrons. The van der Waals surface area contributed by atoms with Crippen LogP contribution in [0.5, 0.6) is 0 Å². The topological polar surface area (TPSA) is 197 Å². The minimum absolute atomic E-state index is 0.0480. The van der Waals surface area contributed by atoms with E-state index in [1.165, 1.54) is 16.7 Å². The van der Waals surface area contributed by atoms with Gasteiger partial charge in [-0.15, -0.1) is 0 Å². The van der Waals surface area contributed by atoms with Crippen molar-refractivity contribution in [1.29, 1.82) is 0 Å². The zero-order valence-electron chi connectivity index (χ0n) is 18.0. The first-order valence-electron chi connectivity index (χ1n) is 10.3. The number of pyridine rings is 1. The van der Waals surface area contributed by atoms with E-state index in [9.17, 15) is 24.7 Å². The van der Waals surface area contributed by atoms with E-state index in [1.54, 1.807) is 12.3 Å². The van der Waals surface area contributed by atoms with Gasteiger partial charge in [-0.05, 0) is 31.5 Å². The van der Waals surface area contributed by atoms with Gasteiger partial charge in [0.05, 0.1) is 11.7 Å². The highest BCUT2D eigenvalue weighted by Gasteiger charge is 2.54. The number of carboxylic acid groups (broad SMARTS) is 1. The summed E-state index contributed by atoms with van der Waals surface area (Å²) in [4.78, 5) is 48.5. The van der Waals surface area contributed by atoms with E-state index < -0.39 is 35.6 Å². The Kier molecular flexibility index (Phi) is 7.25. The Balaban J connectivity index is 1.55. The molecule has 0 aromatic carbocycles. The van der Waals surface area contributed by atoms with E-state index in [0.717, 1.165) is 21.9 Å². The van der Waals surface area contributed by atoms with Crippen molar-refractivity contribution in [1.82, 2.24) is 20.2 Å². The zero-order chi connectivity index (χ0) is 25.3. The Morgan fingerprint density at radius 1 is 1.43 bits per heavy atom. The lowest BCUT2D eigenvalue weighted by Gasteiger charge is -2.50. The third-order valence-electron chi connectivity index (χ3n) is 5.49. The molecule has 4 heterocycles. The number of nitrogens with zero attached hydrogens (tertiary/aromatic N) is 4. The number of rotatable bonds is 8. The molecule has 0 aliphatic carbocycles. The third kappa shape index (κ3) is 4.69. The number of hydrogen-bond acceptors (Lipinski definition) is 11. The minimum atomic E-state index is -1.25. The summed E-state index contributed by atoms with van der Waals surface area (Å²) in [7, 11) is 0. The predicted octanol–water partition coefficient (Wildman–Crippen LogP) is 1.03. The van der Waals surface area contributed by atoms with Gasteiger partial charge in [-0.3, -0.25) is 19.5 Å². The number of thioether (sulfide) groups is 1. The number of nitrogens with one attached hydrogen (secondary N) is 1. The third-order valence-corrected chi connectivity index (χ3v) is 7.80. The molecule has 7 N–H and O–H groups in total. The number of hydrogen-bond donors (Lipinski definition) is 5. The maximum atomic E-state index is 12.9. The monoisotopic (exact) mass is 537 g/mol. The second-order valence-electron chi connectivity index (χ2n) is 7.55. The molecule has 2 aromatic rings. The number of carbonyl (C=O) groups excluding carboxylic acids is 2. The molecule has 0 bridgehead atoms. The Labute approximate surface area is 212 Å². The van der Waals surface area contributed by atoms with Crippen LogP contribution in [0.25, 0.3) is 0 Å². The number of amides is 2. The molecule has 0 unspecified atom stereocenters. The number of carboxylic acids is 1. The fourth-order valence-corrected chi connectivity index (χ4v) is 6.09. The summed E-state index contributed by atoms with van der Waals surface area (Å²) in [6, 6.07) is 2.00. The molecule has 15 heteroatoms.